The molecule has 0 spiro atoms. The van der Waals surface area contributed by atoms with Crippen LogP contribution in [0.2, 0.25) is 0 Å². The molecule has 5 rings (SSSR count). The molecule has 1 fully saturated rings. The number of benzene rings is 2. The van der Waals surface area contributed by atoms with Gasteiger partial charge in [0, 0.05) is 22.9 Å². The van der Waals surface area contributed by atoms with E-state index in [9.17, 15) is 9.59 Å². The Labute approximate surface area is 200 Å². The number of nitrogens with two attached hydrogens (primary N) is 1. The van der Waals surface area contributed by atoms with E-state index in [1.54, 1.807) is 24.3 Å². The van der Waals surface area contributed by atoms with E-state index in [1.165, 1.54) is 24.1 Å². The average molecular weight is 470 g/mol. The monoisotopic (exact) mass is 469 g/mol. The van der Waals surface area contributed by atoms with Crippen molar-refractivity contribution in [1.29, 1.82) is 0 Å². The number of fused-ring (bicyclic) bond motifs is 1. The number of hydrogen-bond acceptors (Lipinski definition) is 7. The first kappa shape index (κ1) is 22.1. The Morgan fingerprint density at radius 3 is 2.60 bits per heavy atom. The van der Waals surface area contributed by atoms with Gasteiger partial charge in [0.05, 0.1) is 12.7 Å². The minimum atomic E-state index is -0.299. The van der Waals surface area contributed by atoms with Gasteiger partial charge in [0.2, 0.25) is 5.91 Å². The van der Waals surface area contributed by atoms with Gasteiger partial charge in [-0.3, -0.25) is 9.59 Å². The van der Waals surface area contributed by atoms with Gasteiger partial charge < -0.3 is 21.1 Å². The lowest BCUT2D eigenvalue weighted by Gasteiger charge is -2.12. The van der Waals surface area contributed by atoms with Crippen LogP contribution in [0.1, 0.15) is 23.2 Å². The molecule has 0 radical (unpaired) electrons. The Morgan fingerprint density at radius 1 is 1.17 bits per heavy atom. The highest BCUT2D eigenvalue weighted by atomic mass is 16.5. The molecule has 176 valence electrons. The summed E-state index contributed by atoms with van der Waals surface area (Å²) in [5, 5.41) is 14.6. The third-order valence-corrected chi connectivity index (χ3v) is 5.73. The average Bonchev–Trinajstić information content (AvgIpc) is 3.60. The first-order valence-corrected chi connectivity index (χ1v) is 11.0. The van der Waals surface area contributed by atoms with E-state index in [4.69, 9.17) is 10.5 Å². The van der Waals surface area contributed by atoms with E-state index >= 15 is 0 Å². The minimum Gasteiger partial charge on any atom is -0.496 e. The molecule has 2 amide bonds. The summed E-state index contributed by atoms with van der Waals surface area (Å²) in [6.45, 7) is 3.46. The lowest BCUT2D eigenvalue weighted by molar-refractivity contribution is -0.111. The summed E-state index contributed by atoms with van der Waals surface area (Å²) in [4.78, 5) is 28.4. The van der Waals surface area contributed by atoms with Crippen molar-refractivity contribution in [2.45, 2.75) is 18.9 Å². The zero-order valence-electron chi connectivity index (χ0n) is 19.0. The van der Waals surface area contributed by atoms with Crippen LogP contribution in [0.15, 0.2) is 61.4 Å². The van der Waals surface area contributed by atoms with Crippen molar-refractivity contribution in [2.24, 2.45) is 0 Å². The molecule has 4 aromatic rings. The highest BCUT2D eigenvalue weighted by Crippen LogP contribution is 2.39. The molecule has 0 saturated heterocycles. The molecule has 1 saturated carbocycles. The summed E-state index contributed by atoms with van der Waals surface area (Å²) in [6, 6.07) is 12.8. The molecular formula is C25H23N7O3. The fourth-order valence-corrected chi connectivity index (χ4v) is 3.82. The summed E-state index contributed by atoms with van der Waals surface area (Å²) in [5.41, 5.74) is 10.6. The normalized spacial score (nSPS) is 12.8. The Bertz CT molecular complexity index is 1460. The fraction of sp³-hybridized carbons (Fsp3) is 0.160. The number of aromatic nitrogens is 4. The summed E-state index contributed by atoms with van der Waals surface area (Å²) in [6.07, 6.45) is 4.53. The van der Waals surface area contributed by atoms with Crippen molar-refractivity contribution in [3.05, 3.63) is 67.0 Å². The van der Waals surface area contributed by atoms with Gasteiger partial charge in [-0.15, -0.1) is 14.8 Å². The van der Waals surface area contributed by atoms with Gasteiger partial charge in [0.15, 0.2) is 5.82 Å². The Balaban J connectivity index is 1.62. The molecule has 2 aromatic carbocycles. The maximum absolute atomic E-state index is 12.7. The van der Waals surface area contributed by atoms with Crippen LogP contribution < -0.4 is 21.1 Å². The van der Waals surface area contributed by atoms with Gasteiger partial charge in [-0.05, 0) is 48.7 Å². The minimum absolute atomic E-state index is 0.170. The number of carbonyl (C=O) groups excluding carboxylic acids is 2. The standard InChI is InChI=1S/C25H23N7O3/c1-3-20(33)29-16-7-4-14(5-8-16)22-21(23-24(26)27-13-28-32(23)31-22)15-6-11-18(19(12-15)35-2)25(34)30-17-9-10-17/h3-8,11-13,17H,1,9-10H2,2H3,(H,29,33)(H,30,34)(H2,26,27,28). The van der Waals surface area contributed by atoms with Gasteiger partial charge >= 0.3 is 0 Å². The second kappa shape index (κ2) is 8.90. The number of methoxy groups -OCH3 is 1. The number of rotatable bonds is 7. The molecule has 10 nitrogen and oxygen atoms in total. The number of ether oxygens (including phenoxy) is 1. The van der Waals surface area contributed by atoms with E-state index in [0.29, 0.717) is 33.8 Å². The van der Waals surface area contributed by atoms with Gasteiger partial charge in [-0.25, -0.2) is 4.98 Å². The molecule has 35 heavy (non-hydrogen) atoms. The van der Waals surface area contributed by atoms with E-state index in [0.717, 1.165) is 24.0 Å². The van der Waals surface area contributed by atoms with E-state index in [2.05, 4.69) is 32.4 Å². The zero-order chi connectivity index (χ0) is 24.5. The van der Waals surface area contributed by atoms with Crippen LogP contribution in [0.25, 0.3) is 27.9 Å². The van der Waals surface area contributed by atoms with Crippen LogP contribution in [-0.2, 0) is 4.79 Å². The smallest absolute Gasteiger partial charge is 0.255 e. The quantitative estimate of drug-likeness (QED) is 0.354. The van der Waals surface area contributed by atoms with Crippen LogP contribution >= 0.6 is 0 Å². The van der Waals surface area contributed by atoms with Crippen molar-refractivity contribution in [3.8, 4) is 28.1 Å². The molecule has 0 bridgehead atoms. The van der Waals surface area contributed by atoms with Gasteiger partial charge in [0.25, 0.3) is 5.91 Å². The molecule has 0 unspecified atom stereocenters. The van der Waals surface area contributed by atoms with Crippen molar-refractivity contribution in [3.63, 3.8) is 0 Å². The van der Waals surface area contributed by atoms with Crippen LogP contribution in [-0.4, -0.2) is 44.8 Å². The zero-order valence-corrected chi connectivity index (χ0v) is 19.0. The predicted molar refractivity (Wildman–Crippen MR) is 132 cm³/mol. The topological polar surface area (TPSA) is 137 Å². The summed E-state index contributed by atoms with van der Waals surface area (Å²) >= 11 is 0. The van der Waals surface area contributed by atoms with Crippen LogP contribution in [0.4, 0.5) is 11.5 Å². The lowest BCUT2D eigenvalue weighted by Crippen LogP contribution is -2.25. The molecule has 4 N–H and O–H groups in total. The highest BCUT2D eigenvalue weighted by Gasteiger charge is 2.26. The van der Waals surface area contributed by atoms with Crippen molar-refractivity contribution in [1.82, 2.24) is 25.1 Å². The molecular weight excluding hydrogens is 446 g/mol. The van der Waals surface area contributed by atoms with Crippen LogP contribution in [0.3, 0.4) is 0 Å². The number of nitrogen functional groups attached to an aromatic ring is 1. The Hall–Kier alpha value is -4.73. The van der Waals surface area contributed by atoms with E-state index in [-0.39, 0.29) is 23.7 Å². The number of nitrogens with one attached hydrogen (secondary N) is 2. The molecule has 2 heterocycles. The van der Waals surface area contributed by atoms with E-state index < -0.39 is 0 Å². The summed E-state index contributed by atoms with van der Waals surface area (Å²) < 4.78 is 6.99. The predicted octanol–water partition coefficient (Wildman–Crippen LogP) is 3.07. The second-order valence-corrected chi connectivity index (χ2v) is 8.14. The molecule has 2 aromatic heterocycles. The molecule has 10 heteroatoms. The van der Waals surface area contributed by atoms with Gasteiger partial charge in [0.1, 0.15) is 23.3 Å². The number of anilines is 2. The highest BCUT2D eigenvalue weighted by molar-refractivity contribution is 6.01. The van der Waals surface area contributed by atoms with Crippen LogP contribution in [0, 0.1) is 0 Å². The Morgan fingerprint density at radius 2 is 1.91 bits per heavy atom. The molecule has 0 atom stereocenters. The van der Waals surface area contributed by atoms with E-state index in [1.807, 2.05) is 18.2 Å². The van der Waals surface area contributed by atoms with Gasteiger partial charge in [-0.1, -0.05) is 24.8 Å². The SMILES string of the molecule is C=CC(=O)Nc1ccc(-c2nn3ncnc(N)c3c2-c2ccc(C(=O)NC3CC3)c(OC)c2)cc1. The first-order valence-electron chi connectivity index (χ1n) is 11.0. The molecule has 1 aliphatic carbocycles. The second-order valence-electron chi connectivity index (χ2n) is 8.14. The number of nitrogens with zero attached hydrogens (tertiary/aromatic N) is 4. The van der Waals surface area contributed by atoms with Crippen molar-refractivity contribution < 1.29 is 14.3 Å². The third kappa shape index (κ3) is 4.29. The Kier molecular flexibility index (Phi) is 5.61. The number of amides is 2. The molecule has 0 aliphatic heterocycles. The summed E-state index contributed by atoms with van der Waals surface area (Å²) in [7, 11) is 1.53. The number of carbonyl (C=O) groups is 2. The van der Waals surface area contributed by atoms with Crippen molar-refractivity contribution in [2.75, 3.05) is 18.2 Å². The summed E-state index contributed by atoms with van der Waals surface area (Å²) in [5.74, 6) is 0.227. The lowest BCUT2D eigenvalue weighted by atomic mass is 9.98. The maximum atomic E-state index is 12.7. The largest absolute Gasteiger partial charge is 0.496 e. The molecule has 1 aliphatic rings. The van der Waals surface area contributed by atoms with Crippen molar-refractivity contribution >= 4 is 28.8 Å². The van der Waals surface area contributed by atoms with Gasteiger partial charge in [-0.2, -0.15) is 0 Å². The maximum Gasteiger partial charge on any atom is 0.255 e. The first-order chi connectivity index (χ1) is 17.0. The van der Waals surface area contributed by atoms with Crippen LogP contribution in [0.5, 0.6) is 5.75 Å². The number of hydrogen-bond donors (Lipinski definition) is 3. The third-order valence-electron chi connectivity index (χ3n) is 5.73. The fourth-order valence-electron chi connectivity index (χ4n) is 3.82.